The second-order valence-corrected chi connectivity index (χ2v) is 10.9. The molecule has 3 nitrogen and oxygen atoms in total. The van der Waals surface area contributed by atoms with Crippen molar-refractivity contribution in [1.29, 1.82) is 0 Å². The minimum absolute atomic E-state index is 0.194. The van der Waals surface area contributed by atoms with E-state index >= 15 is 0 Å². The van der Waals surface area contributed by atoms with Gasteiger partial charge in [0.2, 0.25) is 0 Å². The molecule has 0 unspecified atom stereocenters. The number of hydrogen-bond donors (Lipinski definition) is 3. The van der Waals surface area contributed by atoms with E-state index in [9.17, 15) is 14.7 Å². The molecule has 156 valence electrons. The SMILES string of the molecule is CCCCCCc1ccc(P(O)(O)(O)c2ccc(CCCCCC)cc2)cc1. The number of unbranched alkanes of at least 4 members (excludes halogenated alkanes) is 6. The van der Waals surface area contributed by atoms with Gasteiger partial charge in [-0.1, -0.05) is 0 Å². The van der Waals surface area contributed by atoms with Crippen molar-refractivity contribution in [3.63, 3.8) is 0 Å². The van der Waals surface area contributed by atoms with Crippen LogP contribution in [0.4, 0.5) is 0 Å². The predicted molar refractivity (Wildman–Crippen MR) is 121 cm³/mol. The Bertz CT molecular complexity index is 640. The fraction of sp³-hybridized carbons (Fsp3) is 0.500. The van der Waals surface area contributed by atoms with Gasteiger partial charge in [-0.25, -0.2) is 0 Å². The van der Waals surface area contributed by atoms with Crippen LogP contribution in [0.3, 0.4) is 0 Å². The Kier molecular flexibility index (Phi) is 8.64. The van der Waals surface area contributed by atoms with Gasteiger partial charge in [0.15, 0.2) is 0 Å². The Balaban J connectivity index is 2.05. The number of aryl methyl sites for hydroxylation is 2. The third kappa shape index (κ3) is 6.39. The summed E-state index contributed by atoms with van der Waals surface area (Å²) in [6.45, 7) is 4.39. The normalized spacial score (nSPS) is 13.2. The average Bonchev–Trinajstić information content (AvgIpc) is 2.69. The molecule has 0 amide bonds. The zero-order valence-corrected chi connectivity index (χ0v) is 18.4. The third-order valence-corrected chi connectivity index (χ3v) is 7.96. The first-order valence-corrected chi connectivity index (χ1v) is 12.9. The molecule has 0 aliphatic rings. The molecule has 3 N–H and O–H groups in total. The Hall–Kier alpha value is -1.25. The first-order valence-electron chi connectivity index (χ1n) is 10.8. The summed E-state index contributed by atoms with van der Waals surface area (Å²) >= 11 is 0. The fourth-order valence-corrected chi connectivity index (χ4v) is 5.23. The van der Waals surface area contributed by atoms with Crippen molar-refractivity contribution in [2.45, 2.75) is 78.1 Å². The molecule has 0 spiro atoms. The summed E-state index contributed by atoms with van der Waals surface area (Å²) in [7, 11) is -5.08. The van der Waals surface area contributed by atoms with Gasteiger partial charge in [-0.3, -0.25) is 0 Å². The van der Waals surface area contributed by atoms with Crippen LogP contribution in [0.1, 0.15) is 76.3 Å². The molecule has 0 bridgehead atoms. The summed E-state index contributed by atoms with van der Waals surface area (Å²) in [5, 5.41) is 0.387. The minimum atomic E-state index is -5.08. The van der Waals surface area contributed by atoms with Crippen molar-refractivity contribution >= 4 is 17.9 Å². The van der Waals surface area contributed by atoms with E-state index in [1.54, 1.807) is 24.3 Å². The Morgan fingerprint density at radius 1 is 0.536 bits per heavy atom. The van der Waals surface area contributed by atoms with Crippen LogP contribution in [0.15, 0.2) is 48.5 Å². The molecule has 2 aromatic rings. The maximum atomic E-state index is 10.8. The van der Waals surface area contributed by atoms with E-state index in [4.69, 9.17) is 0 Å². The number of benzene rings is 2. The van der Waals surface area contributed by atoms with Crippen LogP contribution in [-0.4, -0.2) is 14.7 Å². The van der Waals surface area contributed by atoms with Gasteiger partial charge in [0, 0.05) is 0 Å². The Morgan fingerprint density at radius 2 is 0.893 bits per heavy atom. The van der Waals surface area contributed by atoms with Crippen LogP contribution >= 0.6 is 7.28 Å². The van der Waals surface area contributed by atoms with Crippen LogP contribution in [0.2, 0.25) is 0 Å². The predicted octanol–water partition coefficient (Wildman–Crippen LogP) is 5.16. The molecule has 2 rings (SSSR count). The first-order chi connectivity index (χ1) is 13.4. The average molecular weight is 405 g/mol. The van der Waals surface area contributed by atoms with Gasteiger partial charge in [-0.05, 0) is 0 Å². The van der Waals surface area contributed by atoms with Crippen molar-refractivity contribution in [3.8, 4) is 0 Å². The molecule has 0 aliphatic heterocycles. The quantitative estimate of drug-likeness (QED) is 0.338. The second-order valence-electron chi connectivity index (χ2n) is 7.93. The molecule has 0 atom stereocenters. The van der Waals surface area contributed by atoms with Gasteiger partial charge in [0.05, 0.1) is 0 Å². The summed E-state index contributed by atoms with van der Waals surface area (Å²) in [4.78, 5) is 32.5. The van der Waals surface area contributed by atoms with E-state index in [1.807, 2.05) is 24.3 Å². The summed E-state index contributed by atoms with van der Waals surface area (Å²) < 4.78 is 0. The molecule has 0 saturated heterocycles. The van der Waals surface area contributed by atoms with E-state index in [-0.39, 0.29) is 10.6 Å². The van der Waals surface area contributed by atoms with E-state index in [0.717, 1.165) is 36.8 Å². The standard InChI is InChI=1S/C24H37O3P/c1-3-5-7-9-11-21-13-17-23(18-14-21)28(25,26,27)24-19-15-22(16-20-24)12-10-8-6-4-2/h13-20,25-27H,3-12H2,1-2H3. The van der Waals surface area contributed by atoms with E-state index in [2.05, 4.69) is 13.8 Å². The second kappa shape index (κ2) is 10.5. The Labute approximate surface area is 170 Å². The molecule has 0 heterocycles. The zero-order chi connectivity index (χ0) is 20.5. The van der Waals surface area contributed by atoms with Crippen LogP contribution in [0, 0.1) is 0 Å². The molecular formula is C24H37O3P. The first kappa shape index (κ1) is 23.0. The third-order valence-electron chi connectivity index (χ3n) is 5.46. The van der Waals surface area contributed by atoms with Crippen molar-refractivity contribution in [2.75, 3.05) is 0 Å². The van der Waals surface area contributed by atoms with Crippen LogP contribution in [-0.2, 0) is 12.8 Å². The van der Waals surface area contributed by atoms with Gasteiger partial charge in [-0.2, -0.15) is 0 Å². The molecule has 0 aromatic heterocycles. The van der Waals surface area contributed by atoms with Crippen molar-refractivity contribution in [3.05, 3.63) is 59.7 Å². The van der Waals surface area contributed by atoms with Gasteiger partial charge in [-0.15, -0.1) is 0 Å². The molecule has 4 heteroatoms. The van der Waals surface area contributed by atoms with Crippen molar-refractivity contribution in [2.24, 2.45) is 0 Å². The van der Waals surface area contributed by atoms with Crippen LogP contribution < -0.4 is 10.6 Å². The van der Waals surface area contributed by atoms with Gasteiger partial charge >= 0.3 is 170 Å². The van der Waals surface area contributed by atoms with E-state index in [0.29, 0.717) is 0 Å². The van der Waals surface area contributed by atoms with E-state index < -0.39 is 7.28 Å². The van der Waals surface area contributed by atoms with Gasteiger partial charge in [0.25, 0.3) is 0 Å². The molecule has 2 aromatic carbocycles. The molecule has 0 saturated carbocycles. The molecule has 0 radical (unpaired) electrons. The summed E-state index contributed by atoms with van der Waals surface area (Å²) in [6, 6.07) is 14.2. The summed E-state index contributed by atoms with van der Waals surface area (Å²) in [5.41, 5.74) is 2.32. The van der Waals surface area contributed by atoms with Crippen molar-refractivity contribution in [1.82, 2.24) is 0 Å². The summed E-state index contributed by atoms with van der Waals surface area (Å²) in [5.74, 6) is 0. The fourth-order valence-electron chi connectivity index (χ4n) is 3.54. The van der Waals surface area contributed by atoms with Crippen molar-refractivity contribution < 1.29 is 14.7 Å². The zero-order valence-electron chi connectivity index (χ0n) is 17.5. The summed E-state index contributed by atoms with van der Waals surface area (Å²) in [6.07, 6.45) is 11.6. The number of rotatable bonds is 12. The number of hydrogen-bond acceptors (Lipinski definition) is 3. The van der Waals surface area contributed by atoms with Gasteiger partial charge < -0.3 is 0 Å². The molecule has 0 fully saturated rings. The maximum absolute atomic E-state index is 10.8. The topological polar surface area (TPSA) is 60.7 Å². The van der Waals surface area contributed by atoms with Crippen LogP contribution in [0.25, 0.3) is 0 Å². The molecule has 0 aliphatic carbocycles. The van der Waals surface area contributed by atoms with E-state index in [1.165, 1.54) is 38.5 Å². The molecular weight excluding hydrogens is 367 g/mol. The van der Waals surface area contributed by atoms with Crippen LogP contribution in [0.5, 0.6) is 0 Å². The van der Waals surface area contributed by atoms with Gasteiger partial charge in [0.1, 0.15) is 0 Å². The Morgan fingerprint density at radius 3 is 1.21 bits per heavy atom. The molecule has 28 heavy (non-hydrogen) atoms. The monoisotopic (exact) mass is 404 g/mol.